The van der Waals surface area contributed by atoms with Gasteiger partial charge in [0, 0.05) is 6.07 Å². The first-order valence-electron chi connectivity index (χ1n) is 5.06. The lowest BCUT2D eigenvalue weighted by Gasteiger charge is -2.11. The minimum Gasteiger partial charge on any atom is -0.480 e. The lowest BCUT2D eigenvalue weighted by atomic mass is 10.1. The van der Waals surface area contributed by atoms with Crippen LogP contribution in [0.15, 0.2) is 16.6 Å². The summed E-state index contributed by atoms with van der Waals surface area (Å²) in [5.41, 5.74) is -1.71. The molecule has 1 amide bonds. The predicted octanol–water partition coefficient (Wildman–Crippen LogP) is 2.53. The molecule has 1 aliphatic rings. The molecule has 1 aliphatic carbocycles. The molecule has 0 radical (unpaired) electrons. The smallest absolute Gasteiger partial charge is 0.319 e. The number of halogens is 3. The molecule has 1 aromatic rings. The number of carbonyl (C=O) groups is 2. The standard InChI is InChI=1S/C11H8BrF2NO3/c12-5-3-8(7(14)4-6(5)13)15-9(16)11(1-2-11)10(17)18/h3-4H,1-2H2,(H,15,16)(H,17,18). The number of benzene rings is 1. The van der Waals surface area contributed by atoms with Gasteiger partial charge >= 0.3 is 5.97 Å². The van der Waals surface area contributed by atoms with Crippen LogP contribution in [0.4, 0.5) is 14.5 Å². The van der Waals surface area contributed by atoms with Crippen LogP contribution in [-0.2, 0) is 9.59 Å². The molecule has 1 fully saturated rings. The van der Waals surface area contributed by atoms with Gasteiger partial charge < -0.3 is 10.4 Å². The van der Waals surface area contributed by atoms with Gasteiger partial charge in [-0.25, -0.2) is 8.78 Å². The van der Waals surface area contributed by atoms with Crippen molar-refractivity contribution in [2.45, 2.75) is 12.8 Å². The van der Waals surface area contributed by atoms with Crippen molar-refractivity contribution >= 4 is 33.5 Å². The molecule has 0 unspecified atom stereocenters. The summed E-state index contributed by atoms with van der Waals surface area (Å²) < 4.78 is 26.3. The zero-order valence-electron chi connectivity index (χ0n) is 8.97. The van der Waals surface area contributed by atoms with E-state index < -0.39 is 28.9 Å². The van der Waals surface area contributed by atoms with Crippen molar-refractivity contribution in [2.24, 2.45) is 5.41 Å². The van der Waals surface area contributed by atoms with Gasteiger partial charge in [-0.15, -0.1) is 0 Å². The number of carboxylic acids is 1. The van der Waals surface area contributed by atoms with E-state index in [2.05, 4.69) is 21.2 Å². The van der Waals surface area contributed by atoms with E-state index in [4.69, 9.17) is 5.11 Å². The molecule has 1 aromatic carbocycles. The average Bonchev–Trinajstić information content (AvgIpc) is 3.06. The summed E-state index contributed by atoms with van der Waals surface area (Å²) in [5.74, 6) is -3.77. The molecule has 0 atom stereocenters. The van der Waals surface area contributed by atoms with Crippen molar-refractivity contribution in [2.75, 3.05) is 5.32 Å². The van der Waals surface area contributed by atoms with Crippen LogP contribution >= 0.6 is 15.9 Å². The lowest BCUT2D eigenvalue weighted by Crippen LogP contribution is -2.31. The Labute approximate surface area is 109 Å². The monoisotopic (exact) mass is 319 g/mol. The average molecular weight is 320 g/mol. The van der Waals surface area contributed by atoms with Gasteiger partial charge in [0.15, 0.2) is 0 Å². The summed E-state index contributed by atoms with van der Waals surface area (Å²) in [6.07, 6.45) is 0.441. The molecule has 2 N–H and O–H groups in total. The molecular formula is C11H8BrF2NO3. The Balaban J connectivity index is 2.23. The second-order valence-electron chi connectivity index (χ2n) is 4.09. The molecule has 96 valence electrons. The van der Waals surface area contributed by atoms with Crippen molar-refractivity contribution in [3.05, 3.63) is 28.2 Å². The van der Waals surface area contributed by atoms with E-state index in [1.54, 1.807) is 0 Å². The maximum absolute atomic E-state index is 13.4. The zero-order valence-corrected chi connectivity index (χ0v) is 10.6. The minimum atomic E-state index is -1.46. The molecule has 1 saturated carbocycles. The van der Waals surface area contributed by atoms with Crippen LogP contribution in [0.2, 0.25) is 0 Å². The molecule has 4 nitrogen and oxygen atoms in total. The van der Waals surface area contributed by atoms with Crippen LogP contribution in [0.5, 0.6) is 0 Å². The van der Waals surface area contributed by atoms with Gasteiger partial charge in [0.25, 0.3) is 0 Å². The van der Waals surface area contributed by atoms with Crippen LogP contribution in [-0.4, -0.2) is 17.0 Å². The molecule has 2 rings (SSSR count). The van der Waals surface area contributed by atoms with Gasteiger partial charge in [0.2, 0.25) is 5.91 Å². The van der Waals surface area contributed by atoms with Crippen LogP contribution in [0.3, 0.4) is 0 Å². The van der Waals surface area contributed by atoms with Crippen molar-refractivity contribution in [3.63, 3.8) is 0 Å². The third-order valence-corrected chi connectivity index (χ3v) is 3.46. The van der Waals surface area contributed by atoms with Crippen molar-refractivity contribution in [1.29, 1.82) is 0 Å². The van der Waals surface area contributed by atoms with E-state index in [1.807, 2.05) is 0 Å². The van der Waals surface area contributed by atoms with E-state index in [1.165, 1.54) is 0 Å². The Morgan fingerprint density at radius 3 is 2.39 bits per heavy atom. The number of rotatable bonds is 3. The summed E-state index contributed by atoms with van der Waals surface area (Å²) in [6, 6.07) is 1.67. The van der Waals surface area contributed by atoms with E-state index in [9.17, 15) is 18.4 Å². The fraction of sp³-hybridized carbons (Fsp3) is 0.273. The number of amides is 1. The Morgan fingerprint density at radius 1 is 1.28 bits per heavy atom. The highest BCUT2D eigenvalue weighted by Gasteiger charge is 2.57. The molecule has 0 heterocycles. The number of hydrogen-bond acceptors (Lipinski definition) is 2. The minimum absolute atomic E-state index is 0.0145. The third-order valence-electron chi connectivity index (χ3n) is 2.85. The SMILES string of the molecule is O=C(O)C1(C(=O)Nc2cc(Br)c(F)cc2F)CC1. The van der Waals surface area contributed by atoms with Crippen LogP contribution in [0.25, 0.3) is 0 Å². The molecule has 0 aromatic heterocycles. The van der Waals surface area contributed by atoms with Gasteiger partial charge in [0.1, 0.15) is 17.0 Å². The maximum atomic E-state index is 13.4. The van der Waals surface area contributed by atoms with E-state index in [-0.39, 0.29) is 23.0 Å². The van der Waals surface area contributed by atoms with E-state index >= 15 is 0 Å². The van der Waals surface area contributed by atoms with Gasteiger partial charge in [-0.3, -0.25) is 9.59 Å². The number of nitrogens with one attached hydrogen (secondary N) is 1. The lowest BCUT2D eigenvalue weighted by molar-refractivity contribution is -0.147. The van der Waals surface area contributed by atoms with Crippen LogP contribution in [0.1, 0.15) is 12.8 Å². The normalized spacial score (nSPS) is 16.2. The maximum Gasteiger partial charge on any atom is 0.319 e. The van der Waals surface area contributed by atoms with Gasteiger partial charge in [-0.05, 0) is 34.8 Å². The highest BCUT2D eigenvalue weighted by Crippen LogP contribution is 2.47. The van der Waals surface area contributed by atoms with Crippen molar-refractivity contribution in [1.82, 2.24) is 0 Å². The van der Waals surface area contributed by atoms with Gasteiger partial charge in [-0.2, -0.15) is 0 Å². The molecule has 0 bridgehead atoms. The number of carbonyl (C=O) groups excluding carboxylic acids is 1. The second kappa shape index (κ2) is 4.31. The fourth-order valence-corrected chi connectivity index (χ4v) is 1.87. The molecule has 0 spiro atoms. The predicted molar refractivity (Wildman–Crippen MR) is 62.0 cm³/mol. The number of hydrogen-bond donors (Lipinski definition) is 2. The first-order chi connectivity index (χ1) is 8.36. The molecule has 18 heavy (non-hydrogen) atoms. The first kappa shape index (κ1) is 12.9. The summed E-state index contributed by atoms with van der Waals surface area (Å²) in [4.78, 5) is 22.6. The Kier molecular flexibility index (Phi) is 3.10. The first-order valence-corrected chi connectivity index (χ1v) is 5.85. The second-order valence-corrected chi connectivity index (χ2v) is 4.94. The third kappa shape index (κ3) is 2.10. The largest absolute Gasteiger partial charge is 0.480 e. The number of aliphatic carboxylic acids is 1. The number of carboxylic acid groups (broad SMARTS) is 1. The Morgan fingerprint density at radius 2 is 1.89 bits per heavy atom. The summed E-state index contributed by atoms with van der Waals surface area (Å²) in [6.45, 7) is 0. The summed E-state index contributed by atoms with van der Waals surface area (Å²) in [5, 5.41) is 11.1. The number of anilines is 1. The summed E-state index contributed by atoms with van der Waals surface area (Å²) >= 11 is 2.86. The summed E-state index contributed by atoms with van der Waals surface area (Å²) in [7, 11) is 0. The molecule has 0 aliphatic heterocycles. The quantitative estimate of drug-likeness (QED) is 0.664. The highest BCUT2D eigenvalue weighted by atomic mass is 79.9. The molecular weight excluding hydrogens is 312 g/mol. The van der Waals surface area contributed by atoms with E-state index in [0.29, 0.717) is 6.07 Å². The van der Waals surface area contributed by atoms with Crippen LogP contribution in [0, 0.1) is 17.0 Å². The highest BCUT2D eigenvalue weighted by molar-refractivity contribution is 9.10. The van der Waals surface area contributed by atoms with Gasteiger partial charge in [0.05, 0.1) is 10.2 Å². The molecule has 7 heteroatoms. The zero-order chi connectivity index (χ0) is 13.5. The fourth-order valence-electron chi connectivity index (χ4n) is 1.52. The Hall–Kier alpha value is -1.50. The molecule has 0 saturated heterocycles. The van der Waals surface area contributed by atoms with Crippen molar-refractivity contribution < 1.29 is 23.5 Å². The van der Waals surface area contributed by atoms with Crippen LogP contribution < -0.4 is 5.32 Å². The van der Waals surface area contributed by atoms with E-state index in [0.717, 1.165) is 6.07 Å². The van der Waals surface area contributed by atoms with Crippen molar-refractivity contribution in [3.8, 4) is 0 Å². The van der Waals surface area contributed by atoms with Gasteiger partial charge in [-0.1, -0.05) is 0 Å². The Bertz CT molecular complexity index is 543. The topological polar surface area (TPSA) is 66.4 Å².